The van der Waals surface area contributed by atoms with Crippen LogP contribution in [0.5, 0.6) is 0 Å². The number of esters is 1. The molecular weight excluding hydrogens is 1620 g/mol. The summed E-state index contributed by atoms with van der Waals surface area (Å²) in [6.07, 6.45) is -10.7. The van der Waals surface area contributed by atoms with Crippen molar-refractivity contribution < 1.29 is 115 Å². The molecule has 2 fully saturated rings. The molecule has 2 aliphatic heterocycles. The van der Waals surface area contributed by atoms with Crippen molar-refractivity contribution in [2.45, 2.75) is 289 Å². The van der Waals surface area contributed by atoms with Crippen LogP contribution in [0.15, 0.2) is 60.7 Å². The molecular formula is C83H133N17O24. The predicted molar refractivity (Wildman–Crippen MR) is 451 cm³/mol. The van der Waals surface area contributed by atoms with Gasteiger partial charge in [0.2, 0.25) is 59.1 Å². The van der Waals surface area contributed by atoms with Gasteiger partial charge in [0.1, 0.15) is 82.3 Å². The van der Waals surface area contributed by atoms with Gasteiger partial charge >= 0.3 is 36.4 Å². The minimum Gasteiger partial charge on any atom is -0.464 e. The highest BCUT2D eigenvalue weighted by atomic mass is 16.6. The minimum absolute atomic E-state index is 0.0919. The highest BCUT2D eigenvalue weighted by Gasteiger charge is 2.45. The maximum absolute atomic E-state index is 15.4. The Morgan fingerprint density at radius 2 is 0.903 bits per heavy atom. The Kier molecular flexibility index (Phi) is 41.8. The van der Waals surface area contributed by atoms with Gasteiger partial charge in [-0.3, -0.25) is 58.2 Å². The lowest BCUT2D eigenvalue weighted by atomic mass is 9.87. The number of cyclic esters (lactones) is 1. The first-order valence-electron chi connectivity index (χ1n) is 41.6. The van der Waals surface area contributed by atoms with Crippen LogP contribution in [0.1, 0.15) is 194 Å². The van der Waals surface area contributed by atoms with Crippen LogP contribution in [0.4, 0.5) is 24.0 Å². The van der Waals surface area contributed by atoms with Crippen molar-refractivity contribution in [3.8, 4) is 0 Å². The van der Waals surface area contributed by atoms with E-state index in [1.807, 2.05) is 0 Å². The van der Waals surface area contributed by atoms with E-state index in [1.54, 1.807) is 178 Å². The van der Waals surface area contributed by atoms with Crippen LogP contribution in [0, 0.1) is 11.8 Å². The number of aliphatic hydroxyl groups is 2. The molecule has 2 aromatic carbocycles. The normalized spacial score (nSPS) is 21.2. The number of amides is 15. The summed E-state index contributed by atoms with van der Waals surface area (Å²) in [7, 11) is 0. The van der Waals surface area contributed by atoms with Gasteiger partial charge in [-0.2, -0.15) is 0 Å². The summed E-state index contributed by atoms with van der Waals surface area (Å²) < 4.78 is 32.3. The topological polar surface area (TPSA) is 573 Å². The number of carbonyl (C=O) groups excluding carboxylic acids is 16. The largest absolute Gasteiger partial charge is 0.464 e. The first kappa shape index (κ1) is 105. The van der Waals surface area contributed by atoms with Crippen molar-refractivity contribution in [1.29, 1.82) is 0 Å². The molecule has 694 valence electrons. The molecule has 41 nitrogen and oxygen atoms in total. The van der Waals surface area contributed by atoms with E-state index in [0.717, 1.165) is 13.8 Å². The lowest BCUT2D eigenvalue weighted by Crippen LogP contribution is -2.61. The Morgan fingerprint density at radius 3 is 1.40 bits per heavy atom. The minimum atomic E-state index is -1.98. The summed E-state index contributed by atoms with van der Waals surface area (Å²) >= 11 is 0. The van der Waals surface area contributed by atoms with Gasteiger partial charge in [-0.05, 0) is 180 Å². The van der Waals surface area contributed by atoms with Gasteiger partial charge in [-0.25, -0.2) is 29.4 Å². The van der Waals surface area contributed by atoms with E-state index in [2.05, 4.69) is 90.6 Å². The third-order valence-corrected chi connectivity index (χ3v) is 18.1. The molecule has 0 aliphatic carbocycles. The molecule has 15 amide bonds. The second-order valence-electron chi connectivity index (χ2n) is 35.7. The number of benzene rings is 2. The average Bonchev–Trinajstić information content (AvgIpc) is 1.67. The lowest BCUT2D eigenvalue weighted by Gasteiger charge is -2.29. The van der Waals surface area contributed by atoms with Crippen LogP contribution < -0.4 is 90.6 Å². The summed E-state index contributed by atoms with van der Waals surface area (Å²) in [6, 6.07) is 0.442. The number of hydrazine groups is 1. The summed E-state index contributed by atoms with van der Waals surface area (Å²) in [5.41, 5.74) is 1.10. The van der Waals surface area contributed by atoms with Gasteiger partial charge < -0.3 is 118 Å². The van der Waals surface area contributed by atoms with Crippen LogP contribution in [0.3, 0.4) is 0 Å². The SMILES string of the molecule is CC(C)C[C@@H]1NC(=O)[C@@H](Cc2ccccc2)NC(=O)[C@H](CCNC(=O)OC(C)(C)C)NC[C@@H](NC(=O)[C@H](CCNC(=O)OC(C)(C)C)NC(=O)[C@@H](NC(=O)[C@H](CCNNC(=O)OC(C)(C)C)NC(=O)C2C(=O)OCC2c2ccccc2)C(C)O)CCNC(=O)[C@H](C(C)O)NC(=O)[C@H](CCNC(=O)OC(C)(C)C)NC(=O)[C@H](CCNC(=O)OC(C)(C)C)NC1=O. The van der Waals surface area contributed by atoms with Gasteiger partial charge in [0.15, 0.2) is 0 Å². The van der Waals surface area contributed by atoms with Crippen LogP contribution in [0.25, 0.3) is 0 Å². The molecule has 41 heteroatoms. The fourth-order valence-electron chi connectivity index (χ4n) is 12.4. The third kappa shape index (κ3) is 40.9. The molecule has 124 heavy (non-hydrogen) atoms. The lowest BCUT2D eigenvalue weighted by molar-refractivity contribution is -0.146. The molecule has 19 N–H and O–H groups in total. The molecule has 2 aliphatic rings. The van der Waals surface area contributed by atoms with Gasteiger partial charge in [-0.15, -0.1) is 0 Å². The third-order valence-electron chi connectivity index (χ3n) is 18.1. The Hall–Kier alpha value is -11.2. The standard InChI is InChI=1S/C83H133N17O24/c1-46(2)42-58-68(108)93-55(33-39-87-76(116)122-81(11,12)13)65(105)92-56(34-40-88-77(117)123-82(14,15)16)66(106)98-61(47(3)101)71(111)84-36-30-51(44-89-53(31-37-85-74(114)120-79(5,6)7)63(103)97-59(69(109)96-58)43-49-26-22-20-23-27-49)91-64(104)54(32-38-86-75(115)121-80(8,9)10)95-72(112)62(48(4)102)99-67(107)57(35-41-90-100-78(118)124-83(17,18)19)94-70(110)60-52(45-119-73(60)113)50-28-24-21-25-29-50/h20-29,46-48,51-62,89-90,101-102H,30-45H2,1-19H3,(H,84,111)(H,85,114)(H,86,115)(H,87,116)(H,88,117)(H,91,104)(H,92,105)(H,93,108)(H,94,110)(H,95,112)(H,96,109)(H,97,103)(H,98,106)(H,99,107)(H,100,118)/t47?,48?,51-,52?,53-,54-,55-,56-,57-,58-,59+,60?,61-,62-/m0/s1. The summed E-state index contributed by atoms with van der Waals surface area (Å²) in [4.78, 5) is 227. The molecule has 0 spiro atoms. The monoisotopic (exact) mass is 1750 g/mol. The van der Waals surface area contributed by atoms with Crippen molar-refractivity contribution in [1.82, 2.24) is 90.6 Å². The van der Waals surface area contributed by atoms with Crippen molar-refractivity contribution in [3.05, 3.63) is 71.8 Å². The van der Waals surface area contributed by atoms with E-state index in [4.69, 9.17) is 28.4 Å². The maximum Gasteiger partial charge on any atom is 0.422 e. The highest BCUT2D eigenvalue weighted by molar-refractivity contribution is 6.03. The number of rotatable bonds is 31. The Morgan fingerprint density at radius 1 is 0.476 bits per heavy atom. The van der Waals surface area contributed by atoms with Crippen LogP contribution in [-0.2, 0) is 87.6 Å². The first-order valence-corrected chi connectivity index (χ1v) is 41.6. The first-order chi connectivity index (χ1) is 57.7. The van der Waals surface area contributed by atoms with Gasteiger partial charge in [0.05, 0.1) is 24.9 Å². The molecule has 14 atom stereocenters. The van der Waals surface area contributed by atoms with E-state index in [-0.39, 0.29) is 77.2 Å². The van der Waals surface area contributed by atoms with Gasteiger partial charge in [0, 0.05) is 64.2 Å². The molecule has 0 radical (unpaired) electrons. The molecule has 4 rings (SSSR count). The van der Waals surface area contributed by atoms with Crippen molar-refractivity contribution in [3.63, 3.8) is 0 Å². The zero-order valence-corrected chi connectivity index (χ0v) is 74.6. The Bertz CT molecular complexity index is 3910. The van der Waals surface area contributed by atoms with E-state index >= 15 is 14.4 Å². The predicted octanol–water partition coefficient (Wildman–Crippen LogP) is 0.913. The van der Waals surface area contributed by atoms with E-state index in [0.29, 0.717) is 11.1 Å². The van der Waals surface area contributed by atoms with Crippen LogP contribution in [0.2, 0.25) is 0 Å². The number of hydrogen-bond acceptors (Lipinski definition) is 26. The number of ether oxygens (including phenoxy) is 6. The van der Waals surface area contributed by atoms with Crippen molar-refractivity contribution in [2.75, 3.05) is 52.4 Å². The van der Waals surface area contributed by atoms with Crippen molar-refractivity contribution >= 4 is 95.5 Å². The second kappa shape index (κ2) is 49.3. The van der Waals surface area contributed by atoms with Crippen molar-refractivity contribution in [2.24, 2.45) is 11.8 Å². The maximum atomic E-state index is 15.4. The van der Waals surface area contributed by atoms with E-state index in [1.165, 1.54) is 0 Å². The molecule has 0 aromatic heterocycles. The highest BCUT2D eigenvalue weighted by Crippen LogP contribution is 2.32. The van der Waals surface area contributed by atoms with Gasteiger partial charge in [-0.1, -0.05) is 74.5 Å². The number of nitrogens with one attached hydrogen (secondary N) is 17. The quantitative estimate of drug-likeness (QED) is 0.0164. The summed E-state index contributed by atoms with van der Waals surface area (Å²) in [6.45, 7) is 27.0. The molecule has 4 unspecified atom stereocenters. The molecule has 2 heterocycles. The fourth-order valence-corrected chi connectivity index (χ4v) is 12.4. The van der Waals surface area contributed by atoms with Crippen LogP contribution in [-0.4, -0.2) is 259 Å². The second-order valence-corrected chi connectivity index (χ2v) is 35.7. The smallest absolute Gasteiger partial charge is 0.422 e. The van der Waals surface area contributed by atoms with Gasteiger partial charge in [0.25, 0.3) is 0 Å². The summed E-state index contributed by atoms with van der Waals surface area (Å²) in [5.74, 6) is -13.9. The number of carbonyl (C=O) groups is 16. The molecule has 0 bridgehead atoms. The Labute approximate surface area is 724 Å². The fraction of sp³-hybridized carbons (Fsp3) is 0.663. The zero-order chi connectivity index (χ0) is 93.2. The number of aliphatic hydroxyl groups excluding tert-OH is 2. The molecule has 0 saturated carbocycles. The number of hydrogen-bond donors (Lipinski definition) is 19. The number of alkyl carbamates (subject to hydrolysis) is 4. The van der Waals surface area contributed by atoms with Crippen LogP contribution >= 0.6 is 0 Å². The van der Waals surface area contributed by atoms with E-state index < -0.39 is 240 Å². The summed E-state index contributed by atoms with van der Waals surface area (Å²) in [5, 5.41) is 62.2. The Balaban J connectivity index is 1.93. The average molecular weight is 1750 g/mol. The van der Waals surface area contributed by atoms with E-state index in [9.17, 15) is 72.5 Å². The molecule has 2 aromatic rings. The zero-order valence-electron chi connectivity index (χ0n) is 74.6. The molecule has 2 saturated heterocycles.